The van der Waals surface area contributed by atoms with Crippen molar-refractivity contribution in [1.82, 2.24) is 9.80 Å². The van der Waals surface area contributed by atoms with Crippen molar-refractivity contribution >= 4 is 11.6 Å². The van der Waals surface area contributed by atoms with Gasteiger partial charge < -0.3 is 15.0 Å². The van der Waals surface area contributed by atoms with Gasteiger partial charge in [0.05, 0.1) is 6.61 Å². The molecule has 2 aliphatic heterocycles. The van der Waals surface area contributed by atoms with Crippen LogP contribution in [0.5, 0.6) is 5.75 Å². The van der Waals surface area contributed by atoms with Crippen LogP contribution in [0.3, 0.4) is 0 Å². The van der Waals surface area contributed by atoms with Gasteiger partial charge in [0, 0.05) is 49.9 Å². The summed E-state index contributed by atoms with van der Waals surface area (Å²) in [6.07, 6.45) is 4.38. The predicted octanol–water partition coefficient (Wildman–Crippen LogP) is 5.07. The summed E-state index contributed by atoms with van der Waals surface area (Å²) in [6, 6.07) is 16.1. The lowest BCUT2D eigenvalue weighted by Crippen LogP contribution is -2.48. The minimum Gasteiger partial charge on any atom is -0.491 e. The highest BCUT2D eigenvalue weighted by molar-refractivity contribution is 5.76. The zero-order chi connectivity index (χ0) is 23.2. The summed E-state index contributed by atoms with van der Waals surface area (Å²) in [5, 5.41) is 3.62. The van der Waals surface area contributed by atoms with Crippen LogP contribution in [0.15, 0.2) is 48.5 Å². The average Bonchev–Trinajstić information content (AvgIpc) is 3.19. The van der Waals surface area contributed by atoms with Gasteiger partial charge in [0.15, 0.2) is 11.6 Å². The third-order valence-corrected chi connectivity index (χ3v) is 6.86. The Kier molecular flexibility index (Phi) is 7.86. The fourth-order valence-corrected chi connectivity index (χ4v) is 5.35. The van der Waals surface area contributed by atoms with Crippen LogP contribution in [0.1, 0.15) is 51.5 Å². The summed E-state index contributed by atoms with van der Waals surface area (Å²) >= 11 is 0. The van der Waals surface area contributed by atoms with Crippen LogP contribution in [0, 0.1) is 5.82 Å². The predicted molar refractivity (Wildman–Crippen MR) is 130 cm³/mol. The van der Waals surface area contributed by atoms with Crippen LogP contribution < -0.4 is 10.1 Å². The number of anilines is 1. The van der Waals surface area contributed by atoms with E-state index in [4.69, 9.17) is 4.74 Å². The quantitative estimate of drug-likeness (QED) is 0.620. The van der Waals surface area contributed by atoms with Crippen molar-refractivity contribution in [1.29, 1.82) is 0 Å². The number of halogens is 1. The second kappa shape index (κ2) is 11.0. The molecule has 6 heteroatoms. The zero-order valence-electron chi connectivity index (χ0n) is 19.8. The summed E-state index contributed by atoms with van der Waals surface area (Å²) in [4.78, 5) is 18.0. The number of carbonyl (C=O) groups is 1. The van der Waals surface area contributed by atoms with Gasteiger partial charge in [-0.25, -0.2) is 4.39 Å². The summed E-state index contributed by atoms with van der Waals surface area (Å²) in [5.74, 6) is 0.00255. The van der Waals surface area contributed by atoms with E-state index < -0.39 is 0 Å². The Morgan fingerprint density at radius 2 is 1.85 bits per heavy atom. The van der Waals surface area contributed by atoms with E-state index in [1.54, 1.807) is 18.2 Å². The molecule has 5 nitrogen and oxygen atoms in total. The molecule has 0 radical (unpaired) electrons. The Balaban J connectivity index is 1.45. The number of fused-ring (bicyclic) bond motifs is 3. The zero-order valence-corrected chi connectivity index (χ0v) is 19.8. The van der Waals surface area contributed by atoms with E-state index in [0.29, 0.717) is 44.1 Å². The standard InChI is InChI=1S/C27H36FN3O2/c1-20(2)31-22-13-14-23(31)19-30(18-21-8-3-5-10-25(21)29-16-15-22)27(32)12-7-17-33-26-11-6-4-9-24(26)28/h3-6,8-11,20,22-23,29H,7,12-19H2,1-2H3/t22-,23+/m1/s1. The fourth-order valence-electron chi connectivity index (χ4n) is 5.35. The first kappa shape index (κ1) is 23.6. The molecule has 0 saturated carbocycles. The number of benzene rings is 2. The maximum absolute atomic E-state index is 13.8. The molecule has 0 aromatic heterocycles. The Bertz CT molecular complexity index is 935. The van der Waals surface area contributed by atoms with E-state index in [0.717, 1.165) is 37.2 Å². The average molecular weight is 454 g/mol. The van der Waals surface area contributed by atoms with Crippen LogP contribution in [0.4, 0.5) is 10.1 Å². The van der Waals surface area contributed by atoms with Crippen LogP contribution in [0.25, 0.3) is 0 Å². The fraction of sp³-hybridized carbons (Fsp3) is 0.519. The highest BCUT2D eigenvalue weighted by Crippen LogP contribution is 2.31. The van der Waals surface area contributed by atoms with E-state index in [-0.39, 0.29) is 17.5 Å². The molecule has 4 rings (SSSR count). The van der Waals surface area contributed by atoms with Crippen molar-refractivity contribution in [3.8, 4) is 5.75 Å². The molecule has 0 spiro atoms. The van der Waals surface area contributed by atoms with Gasteiger partial charge in [0.2, 0.25) is 5.91 Å². The van der Waals surface area contributed by atoms with E-state index in [1.165, 1.54) is 12.5 Å². The first-order valence-corrected chi connectivity index (χ1v) is 12.3. The SMILES string of the molecule is CC(C)N1[C@H]2CCNc3ccccc3CN(C(=O)CCCOc3ccccc3F)C[C@@H]1CC2. The van der Waals surface area contributed by atoms with Gasteiger partial charge in [0.25, 0.3) is 0 Å². The van der Waals surface area contributed by atoms with Crippen molar-refractivity contribution < 1.29 is 13.9 Å². The number of nitrogens with one attached hydrogen (secondary N) is 1. The molecule has 2 aromatic carbocycles. The van der Waals surface area contributed by atoms with Crippen LogP contribution in [-0.4, -0.2) is 53.5 Å². The molecule has 2 atom stereocenters. The lowest BCUT2D eigenvalue weighted by molar-refractivity contribution is -0.133. The first-order valence-electron chi connectivity index (χ1n) is 12.3. The monoisotopic (exact) mass is 453 g/mol. The van der Waals surface area contributed by atoms with Gasteiger partial charge in [-0.05, 0) is 63.3 Å². The lowest BCUT2D eigenvalue weighted by Gasteiger charge is -2.36. The number of hydrogen-bond donors (Lipinski definition) is 1. The number of para-hydroxylation sites is 2. The Morgan fingerprint density at radius 3 is 2.67 bits per heavy atom. The summed E-state index contributed by atoms with van der Waals surface area (Å²) < 4.78 is 19.3. The molecular weight excluding hydrogens is 417 g/mol. The second-order valence-corrected chi connectivity index (χ2v) is 9.46. The number of amides is 1. The van der Waals surface area contributed by atoms with E-state index in [9.17, 15) is 9.18 Å². The van der Waals surface area contributed by atoms with Gasteiger partial charge >= 0.3 is 0 Å². The third kappa shape index (κ3) is 5.85. The molecule has 33 heavy (non-hydrogen) atoms. The molecule has 2 heterocycles. The molecule has 2 aromatic rings. The molecular formula is C27H36FN3O2. The highest BCUT2D eigenvalue weighted by atomic mass is 19.1. The van der Waals surface area contributed by atoms with Gasteiger partial charge in [-0.15, -0.1) is 0 Å². The summed E-state index contributed by atoms with van der Waals surface area (Å²) in [5.41, 5.74) is 2.27. The molecule has 2 aliphatic rings. The number of carbonyl (C=O) groups excluding carboxylic acids is 1. The molecule has 178 valence electrons. The maximum Gasteiger partial charge on any atom is 0.223 e. The van der Waals surface area contributed by atoms with Gasteiger partial charge in [0.1, 0.15) is 0 Å². The third-order valence-electron chi connectivity index (χ3n) is 6.86. The van der Waals surface area contributed by atoms with Crippen LogP contribution in [-0.2, 0) is 11.3 Å². The van der Waals surface area contributed by atoms with Crippen molar-refractivity contribution in [3.63, 3.8) is 0 Å². The van der Waals surface area contributed by atoms with Gasteiger partial charge in [-0.2, -0.15) is 0 Å². The molecule has 0 aliphatic carbocycles. The van der Waals surface area contributed by atoms with E-state index in [1.807, 2.05) is 17.0 Å². The lowest BCUT2D eigenvalue weighted by atomic mass is 10.1. The minimum absolute atomic E-state index is 0.133. The van der Waals surface area contributed by atoms with E-state index in [2.05, 4.69) is 36.2 Å². The van der Waals surface area contributed by atoms with Gasteiger partial charge in [-0.3, -0.25) is 9.69 Å². The van der Waals surface area contributed by atoms with Crippen LogP contribution >= 0.6 is 0 Å². The molecule has 1 saturated heterocycles. The molecule has 1 fully saturated rings. The number of rotatable bonds is 6. The number of ether oxygens (including phenoxy) is 1. The minimum atomic E-state index is -0.371. The van der Waals surface area contributed by atoms with Crippen molar-refractivity contribution in [2.24, 2.45) is 0 Å². The first-order chi connectivity index (χ1) is 16.0. The number of hydrogen-bond acceptors (Lipinski definition) is 4. The largest absolute Gasteiger partial charge is 0.491 e. The smallest absolute Gasteiger partial charge is 0.223 e. The Morgan fingerprint density at radius 1 is 1.09 bits per heavy atom. The molecule has 1 amide bonds. The normalized spacial score (nSPS) is 21.3. The maximum atomic E-state index is 13.8. The molecule has 1 N–H and O–H groups in total. The Hall–Kier alpha value is -2.60. The highest BCUT2D eigenvalue weighted by Gasteiger charge is 2.36. The topological polar surface area (TPSA) is 44.8 Å². The Labute approximate surface area is 196 Å². The summed E-state index contributed by atoms with van der Waals surface area (Å²) in [6.45, 7) is 7.14. The van der Waals surface area contributed by atoms with E-state index >= 15 is 0 Å². The second-order valence-electron chi connectivity index (χ2n) is 9.46. The van der Waals surface area contributed by atoms with Crippen molar-refractivity contribution in [3.05, 3.63) is 59.9 Å². The van der Waals surface area contributed by atoms with Gasteiger partial charge in [-0.1, -0.05) is 30.3 Å². The molecule has 0 unspecified atom stereocenters. The van der Waals surface area contributed by atoms with Crippen molar-refractivity contribution in [2.75, 3.05) is 25.0 Å². The number of nitrogens with zero attached hydrogens (tertiary/aromatic N) is 2. The van der Waals surface area contributed by atoms with Crippen LogP contribution in [0.2, 0.25) is 0 Å². The molecule has 2 bridgehead atoms. The van der Waals surface area contributed by atoms with Crippen molar-refractivity contribution in [2.45, 2.75) is 70.6 Å². The summed E-state index contributed by atoms with van der Waals surface area (Å²) in [7, 11) is 0.